The molecule has 1 atom stereocenters. The van der Waals surface area contributed by atoms with Crippen LogP contribution in [0.5, 0.6) is 0 Å². The van der Waals surface area contributed by atoms with Crippen LogP contribution < -0.4 is 11.1 Å². The van der Waals surface area contributed by atoms with E-state index in [1.165, 1.54) is 0 Å². The number of nitrogens with one attached hydrogen (secondary N) is 1. The Balaban J connectivity index is 2.19. The van der Waals surface area contributed by atoms with E-state index in [-0.39, 0.29) is 11.9 Å². The maximum Gasteiger partial charge on any atom is 0.240 e. The average Bonchev–Trinajstić information content (AvgIpc) is 2.14. The fraction of sp³-hybridized carbons (Fsp3) is 0.909. The Kier molecular flexibility index (Phi) is 4.93. The fourth-order valence-corrected chi connectivity index (χ4v) is 2.44. The van der Waals surface area contributed by atoms with Crippen molar-refractivity contribution in [2.75, 3.05) is 11.5 Å². The minimum absolute atomic E-state index is 0.0442. The highest BCUT2D eigenvalue weighted by Gasteiger charge is 2.40. The molecular formula is C11H22N2OS. The topological polar surface area (TPSA) is 55.1 Å². The lowest BCUT2D eigenvalue weighted by Gasteiger charge is -2.37. The second kappa shape index (κ2) is 5.75. The summed E-state index contributed by atoms with van der Waals surface area (Å²) in [5, 5.41) is 3.00. The Morgan fingerprint density at radius 2 is 2.27 bits per heavy atom. The molecule has 0 aromatic rings. The normalized spacial score (nSPS) is 20.5. The summed E-state index contributed by atoms with van der Waals surface area (Å²) in [6, 6.07) is 0.248. The van der Waals surface area contributed by atoms with E-state index in [1.807, 2.05) is 11.8 Å². The van der Waals surface area contributed by atoms with Crippen LogP contribution >= 0.6 is 11.8 Å². The molecule has 0 aliphatic heterocycles. The molecule has 1 unspecified atom stereocenters. The minimum Gasteiger partial charge on any atom is -0.352 e. The molecule has 4 heteroatoms. The van der Waals surface area contributed by atoms with Crippen LogP contribution in [0.3, 0.4) is 0 Å². The quantitative estimate of drug-likeness (QED) is 0.680. The summed E-state index contributed by atoms with van der Waals surface area (Å²) in [6.07, 6.45) is 3.80. The SMILES string of the molecule is CCSCCC(C)NC(=O)C1(N)CCC1. The van der Waals surface area contributed by atoms with E-state index < -0.39 is 5.54 Å². The zero-order chi connectivity index (χ0) is 11.3. The Hall–Kier alpha value is -0.220. The van der Waals surface area contributed by atoms with Gasteiger partial charge in [-0.05, 0) is 44.1 Å². The van der Waals surface area contributed by atoms with E-state index in [2.05, 4.69) is 19.2 Å². The smallest absolute Gasteiger partial charge is 0.240 e. The van der Waals surface area contributed by atoms with Crippen molar-refractivity contribution >= 4 is 17.7 Å². The number of amides is 1. The van der Waals surface area contributed by atoms with Crippen LogP contribution in [0.2, 0.25) is 0 Å². The summed E-state index contributed by atoms with van der Waals surface area (Å²) >= 11 is 1.91. The monoisotopic (exact) mass is 230 g/mol. The van der Waals surface area contributed by atoms with Crippen LogP contribution in [-0.4, -0.2) is 29.0 Å². The first-order valence-electron chi connectivity index (χ1n) is 5.76. The van der Waals surface area contributed by atoms with Gasteiger partial charge in [-0.25, -0.2) is 0 Å². The lowest BCUT2D eigenvalue weighted by atomic mass is 9.77. The van der Waals surface area contributed by atoms with E-state index in [0.29, 0.717) is 0 Å². The number of carbonyl (C=O) groups excluding carboxylic acids is 1. The van der Waals surface area contributed by atoms with Crippen LogP contribution in [0, 0.1) is 0 Å². The summed E-state index contributed by atoms with van der Waals surface area (Å²) in [5.74, 6) is 2.29. The predicted octanol–water partition coefficient (Wildman–Crippen LogP) is 1.52. The molecule has 1 amide bonds. The Morgan fingerprint density at radius 1 is 1.60 bits per heavy atom. The van der Waals surface area contributed by atoms with Gasteiger partial charge in [-0.2, -0.15) is 11.8 Å². The molecule has 1 fully saturated rings. The van der Waals surface area contributed by atoms with Crippen LogP contribution in [0.15, 0.2) is 0 Å². The van der Waals surface area contributed by atoms with Gasteiger partial charge in [0.2, 0.25) is 5.91 Å². The van der Waals surface area contributed by atoms with Crippen molar-refractivity contribution in [3.05, 3.63) is 0 Å². The van der Waals surface area contributed by atoms with Crippen molar-refractivity contribution in [3.8, 4) is 0 Å². The number of hydrogen-bond donors (Lipinski definition) is 2. The molecule has 0 aromatic heterocycles. The van der Waals surface area contributed by atoms with Crippen LogP contribution in [0.25, 0.3) is 0 Å². The third kappa shape index (κ3) is 3.68. The first-order valence-corrected chi connectivity index (χ1v) is 6.91. The van der Waals surface area contributed by atoms with Gasteiger partial charge in [-0.3, -0.25) is 4.79 Å². The summed E-state index contributed by atoms with van der Waals surface area (Å²) < 4.78 is 0. The Bertz CT molecular complexity index is 217. The van der Waals surface area contributed by atoms with E-state index in [1.54, 1.807) is 0 Å². The highest BCUT2D eigenvalue weighted by molar-refractivity contribution is 7.99. The van der Waals surface area contributed by atoms with Crippen LogP contribution in [0.4, 0.5) is 0 Å². The van der Waals surface area contributed by atoms with Gasteiger partial charge in [0.25, 0.3) is 0 Å². The maximum absolute atomic E-state index is 11.7. The molecule has 0 heterocycles. The van der Waals surface area contributed by atoms with E-state index in [0.717, 1.165) is 37.2 Å². The minimum atomic E-state index is -0.549. The lowest BCUT2D eigenvalue weighted by Crippen LogP contribution is -2.59. The van der Waals surface area contributed by atoms with Gasteiger partial charge in [0.05, 0.1) is 5.54 Å². The molecule has 0 saturated heterocycles. The van der Waals surface area contributed by atoms with Crippen LogP contribution in [-0.2, 0) is 4.79 Å². The van der Waals surface area contributed by atoms with Gasteiger partial charge in [-0.1, -0.05) is 6.92 Å². The van der Waals surface area contributed by atoms with Crippen molar-refractivity contribution in [1.82, 2.24) is 5.32 Å². The zero-order valence-corrected chi connectivity index (χ0v) is 10.5. The second-order valence-electron chi connectivity index (χ2n) is 4.37. The molecule has 15 heavy (non-hydrogen) atoms. The molecule has 0 aromatic carbocycles. The maximum atomic E-state index is 11.7. The molecule has 88 valence electrons. The number of thioether (sulfide) groups is 1. The average molecular weight is 230 g/mol. The van der Waals surface area contributed by atoms with E-state index in [9.17, 15) is 4.79 Å². The fourth-order valence-electron chi connectivity index (χ4n) is 1.63. The summed E-state index contributed by atoms with van der Waals surface area (Å²) in [4.78, 5) is 11.7. The first kappa shape index (κ1) is 12.8. The molecular weight excluding hydrogens is 208 g/mol. The summed E-state index contributed by atoms with van der Waals surface area (Å²) in [6.45, 7) is 4.20. The number of hydrogen-bond acceptors (Lipinski definition) is 3. The van der Waals surface area contributed by atoms with Gasteiger partial charge in [0, 0.05) is 6.04 Å². The zero-order valence-electron chi connectivity index (χ0n) is 9.71. The van der Waals surface area contributed by atoms with Crippen molar-refractivity contribution < 1.29 is 4.79 Å². The van der Waals surface area contributed by atoms with Crippen molar-refractivity contribution in [2.24, 2.45) is 5.73 Å². The molecule has 3 nitrogen and oxygen atoms in total. The molecule has 1 saturated carbocycles. The Labute approximate surface area is 96.6 Å². The molecule has 1 aliphatic rings. The van der Waals surface area contributed by atoms with Crippen molar-refractivity contribution in [3.63, 3.8) is 0 Å². The molecule has 1 aliphatic carbocycles. The largest absolute Gasteiger partial charge is 0.352 e. The predicted molar refractivity (Wildman–Crippen MR) is 66.0 cm³/mol. The highest BCUT2D eigenvalue weighted by atomic mass is 32.2. The van der Waals surface area contributed by atoms with Crippen molar-refractivity contribution in [1.29, 1.82) is 0 Å². The van der Waals surface area contributed by atoms with E-state index >= 15 is 0 Å². The van der Waals surface area contributed by atoms with Gasteiger partial charge >= 0.3 is 0 Å². The van der Waals surface area contributed by atoms with Crippen LogP contribution in [0.1, 0.15) is 39.5 Å². The summed E-state index contributed by atoms with van der Waals surface area (Å²) in [7, 11) is 0. The Morgan fingerprint density at radius 3 is 2.73 bits per heavy atom. The molecule has 3 N–H and O–H groups in total. The van der Waals surface area contributed by atoms with Gasteiger partial charge in [0.15, 0.2) is 0 Å². The molecule has 0 radical (unpaired) electrons. The third-order valence-corrected chi connectivity index (χ3v) is 3.91. The van der Waals surface area contributed by atoms with Gasteiger partial charge in [-0.15, -0.1) is 0 Å². The summed E-state index contributed by atoms with van der Waals surface area (Å²) in [5.41, 5.74) is 5.38. The third-order valence-electron chi connectivity index (χ3n) is 2.97. The van der Waals surface area contributed by atoms with Crippen molar-refractivity contribution in [2.45, 2.75) is 51.1 Å². The first-order chi connectivity index (χ1) is 7.08. The number of rotatable bonds is 6. The highest BCUT2D eigenvalue weighted by Crippen LogP contribution is 2.29. The molecule has 1 rings (SSSR count). The second-order valence-corrected chi connectivity index (χ2v) is 5.76. The van der Waals surface area contributed by atoms with Gasteiger partial charge in [0.1, 0.15) is 0 Å². The molecule has 0 bridgehead atoms. The van der Waals surface area contributed by atoms with Gasteiger partial charge < -0.3 is 11.1 Å². The molecule has 0 spiro atoms. The van der Waals surface area contributed by atoms with E-state index in [4.69, 9.17) is 5.73 Å². The number of nitrogens with two attached hydrogens (primary N) is 1. The number of carbonyl (C=O) groups is 1. The standard InChI is InChI=1S/C11H22N2OS/c1-3-15-8-5-9(2)13-10(14)11(12)6-4-7-11/h9H,3-8,12H2,1-2H3,(H,13,14). The lowest BCUT2D eigenvalue weighted by molar-refractivity contribution is -0.129.